The first-order chi connectivity index (χ1) is 7.43. The maximum absolute atomic E-state index is 2.29. The van der Waals surface area contributed by atoms with Gasteiger partial charge in [-0.1, -0.05) is 27.7 Å². The summed E-state index contributed by atoms with van der Waals surface area (Å²) in [6.07, 6.45) is 0. The van der Waals surface area contributed by atoms with Gasteiger partial charge in [-0.05, 0) is 36.8 Å². The molecule has 0 aromatic carbocycles. The number of rotatable bonds is 2. The predicted octanol–water partition coefficient (Wildman–Crippen LogP) is 5.83. The lowest BCUT2D eigenvalue weighted by Gasteiger charge is -2.04. The molecule has 2 aromatic rings. The molecule has 0 bridgehead atoms. The quantitative estimate of drug-likeness (QED) is 0.631. The number of fused-ring (bicyclic) bond motifs is 1. The molecule has 0 saturated carbocycles. The molecule has 88 valence electrons. The van der Waals surface area contributed by atoms with E-state index >= 15 is 0 Å². The second-order valence-electron chi connectivity index (χ2n) is 5.15. The largest absolute Gasteiger partial charge is 0.139 e. The van der Waals surface area contributed by atoms with Gasteiger partial charge in [0, 0.05) is 19.2 Å². The molecule has 0 aliphatic heterocycles. The Bertz CT molecular complexity index is 464. The Labute approximate surface area is 106 Å². The molecular weight excluding hydrogens is 232 g/mol. The molecule has 0 nitrogen and oxygen atoms in total. The summed E-state index contributed by atoms with van der Waals surface area (Å²) in [5.41, 5.74) is 3.05. The highest BCUT2D eigenvalue weighted by molar-refractivity contribution is 7.28. The van der Waals surface area contributed by atoms with Crippen LogP contribution in [0.2, 0.25) is 0 Å². The number of hydrogen-bond donors (Lipinski definition) is 0. The molecule has 0 aliphatic rings. The molecule has 0 N–H and O–H groups in total. The van der Waals surface area contributed by atoms with Crippen molar-refractivity contribution in [1.29, 1.82) is 0 Å². The van der Waals surface area contributed by atoms with Gasteiger partial charge in [-0.3, -0.25) is 0 Å². The summed E-state index contributed by atoms with van der Waals surface area (Å²) in [5.74, 6) is 1.32. The molecule has 2 aromatic heterocycles. The lowest BCUT2D eigenvalue weighted by Crippen LogP contribution is -1.85. The zero-order chi connectivity index (χ0) is 12.0. The zero-order valence-corrected chi connectivity index (χ0v) is 12.6. The van der Waals surface area contributed by atoms with Gasteiger partial charge in [0.1, 0.15) is 0 Å². The Hall–Kier alpha value is -0.340. The summed E-state index contributed by atoms with van der Waals surface area (Å²) in [5, 5.41) is 0. The van der Waals surface area contributed by atoms with Gasteiger partial charge in [0.2, 0.25) is 0 Å². The van der Waals surface area contributed by atoms with Crippen molar-refractivity contribution in [1.82, 2.24) is 0 Å². The standard InChI is InChI=1S/C14H20S2/c1-7(2)11-9(5)13-14(15-11)10(6)12(16-13)8(3)4/h7-8H,1-6H3. The fraction of sp³-hybridized carbons (Fsp3) is 0.571. The van der Waals surface area contributed by atoms with Crippen LogP contribution in [0.25, 0.3) is 9.40 Å². The minimum atomic E-state index is 0.659. The number of hydrogen-bond acceptors (Lipinski definition) is 2. The van der Waals surface area contributed by atoms with E-state index in [0.29, 0.717) is 11.8 Å². The molecule has 2 heterocycles. The van der Waals surface area contributed by atoms with Crippen LogP contribution in [0, 0.1) is 13.8 Å². The summed E-state index contributed by atoms with van der Waals surface area (Å²) in [4.78, 5) is 3.14. The minimum absolute atomic E-state index is 0.659. The summed E-state index contributed by atoms with van der Waals surface area (Å²) in [6.45, 7) is 13.7. The van der Waals surface area contributed by atoms with Gasteiger partial charge in [0.15, 0.2) is 0 Å². The summed E-state index contributed by atoms with van der Waals surface area (Å²) >= 11 is 4.01. The third-order valence-electron chi connectivity index (χ3n) is 3.10. The van der Waals surface area contributed by atoms with Crippen molar-refractivity contribution in [2.45, 2.75) is 53.4 Å². The van der Waals surface area contributed by atoms with Gasteiger partial charge in [0.05, 0.1) is 0 Å². The van der Waals surface area contributed by atoms with E-state index in [0.717, 1.165) is 0 Å². The normalized spacial score (nSPS) is 12.2. The molecule has 0 fully saturated rings. The Morgan fingerprint density at radius 1 is 0.688 bits per heavy atom. The molecule has 2 rings (SSSR count). The fourth-order valence-corrected chi connectivity index (χ4v) is 5.10. The first-order valence-electron chi connectivity index (χ1n) is 5.95. The molecule has 0 radical (unpaired) electrons. The van der Waals surface area contributed by atoms with Crippen LogP contribution in [0.15, 0.2) is 0 Å². The third-order valence-corrected chi connectivity index (χ3v) is 6.65. The Kier molecular flexibility index (Phi) is 3.15. The van der Waals surface area contributed by atoms with Crippen LogP contribution in [0.5, 0.6) is 0 Å². The van der Waals surface area contributed by atoms with E-state index in [9.17, 15) is 0 Å². The van der Waals surface area contributed by atoms with Crippen molar-refractivity contribution in [3.8, 4) is 0 Å². The lowest BCUT2D eigenvalue weighted by atomic mass is 10.1. The third kappa shape index (κ3) is 1.72. The van der Waals surface area contributed by atoms with Crippen LogP contribution in [0.3, 0.4) is 0 Å². The van der Waals surface area contributed by atoms with E-state index < -0.39 is 0 Å². The van der Waals surface area contributed by atoms with Crippen molar-refractivity contribution < 1.29 is 0 Å². The van der Waals surface area contributed by atoms with E-state index in [4.69, 9.17) is 0 Å². The topological polar surface area (TPSA) is 0 Å². The Morgan fingerprint density at radius 2 is 1.00 bits per heavy atom. The maximum atomic E-state index is 2.29. The molecule has 0 aliphatic carbocycles. The van der Waals surface area contributed by atoms with Gasteiger partial charge >= 0.3 is 0 Å². The van der Waals surface area contributed by atoms with Crippen molar-refractivity contribution in [2.24, 2.45) is 0 Å². The monoisotopic (exact) mass is 252 g/mol. The van der Waals surface area contributed by atoms with E-state index in [2.05, 4.69) is 41.5 Å². The molecule has 0 saturated heterocycles. The van der Waals surface area contributed by atoms with Crippen molar-refractivity contribution in [3.05, 3.63) is 20.9 Å². The van der Waals surface area contributed by atoms with E-state index in [1.165, 1.54) is 20.5 Å². The van der Waals surface area contributed by atoms with E-state index in [1.807, 2.05) is 22.7 Å². The van der Waals surface area contributed by atoms with Gasteiger partial charge < -0.3 is 0 Å². The fourth-order valence-electron chi connectivity index (χ4n) is 2.28. The maximum Gasteiger partial charge on any atom is 0.0488 e. The molecular formula is C14H20S2. The van der Waals surface area contributed by atoms with Gasteiger partial charge in [-0.15, -0.1) is 22.7 Å². The molecule has 2 heteroatoms. The first kappa shape index (κ1) is 12.1. The summed E-state index contributed by atoms with van der Waals surface area (Å²) in [6, 6.07) is 0. The second kappa shape index (κ2) is 4.15. The molecule has 0 amide bonds. The van der Waals surface area contributed by atoms with Crippen LogP contribution in [0.4, 0.5) is 0 Å². The predicted molar refractivity (Wildman–Crippen MR) is 77.4 cm³/mol. The highest BCUT2D eigenvalue weighted by atomic mass is 32.1. The average Bonchev–Trinajstić information content (AvgIpc) is 2.66. The Balaban J connectivity index is 2.69. The molecule has 16 heavy (non-hydrogen) atoms. The number of aryl methyl sites for hydroxylation is 2. The van der Waals surface area contributed by atoms with Gasteiger partial charge in [-0.2, -0.15) is 0 Å². The second-order valence-corrected chi connectivity index (χ2v) is 7.25. The van der Waals surface area contributed by atoms with Gasteiger partial charge in [-0.25, -0.2) is 0 Å². The SMILES string of the molecule is Cc1c(C(C)C)sc2c(C)c(C(C)C)sc12. The van der Waals surface area contributed by atoms with E-state index in [-0.39, 0.29) is 0 Å². The molecule has 0 atom stereocenters. The smallest absolute Gasteiger partial charge is 0.0488 e. The lowest BCUT2D eigenvalue weighted by molar-refractivity contribution is 0.881. The zero-order valence-electron chi connectivity index (χ0n) is 11.0. The Morgan fingerprint density at radius 3 is 1.25 bits per heavy atom. The summed E-state index contributed by atoms with van der Waals surface area (Å²) in [7, 11) is 0. The highest BCUT2D eigenvalue weighted by Gasteiger charge is 2.18. The van der Waals surface area contributed by atoms with Crippen molar-refractivity contribution in [2.75, 3.05) is 0 Å². The van der Waals surface area contributed by atoms with Crippen LogP contribution in [0.1, 0.15) is 60.4 Å². The first-order valence-corrected chi connectivity index (χ1v) is 7.59. The van der Waals surface area contributed by atoms with Gasteiger partial charge in [0.25, 0.3) is 0 Å². The van der Waals surface area contributed by atoms with E-state index in [1.54, 1.807) is 9.75 Å². The minimum Gasteiger partial charge on any atom is -0.139 e. The van der Waals surface area contributed by atoms with Crippen LogP contribution in [-0.4, -0.2) is 0 Å². The number of thiophene rings is 2. The van der Waals surface area contributed by atoms with Crippen molar-refractivity contribution in [3.63, 3.8) is 0 Å². The van der Waals surface area contributed by atoms with Crippen molar-refractivity contribution >= 4 is 32.1 Å². The highest BCUT2D eigenvalue weighted by Crippen LogP contribution is 2.44. The van der Waals surface area contributed by atoms with Crippen LogP contribution >= 0.6 is 22.7 Å². The average molecular weight is 252 g/mol. The molecule has 0 spiro atoms. The van der Waals surface area contributed by atoms with Crippen LogP contribution in [-0.2, 0) is 0 Å². The molecule has 0 unspecified atom stereocenters. The summed E-state index contributed by atoms with van der Waals surface area (Å²) < 4.78 is 3.07. The van der Waals surface area contributed by atoms with Crippen LogP contribution < -0.4 is 0 Å².